The fraction of sp³-hybridized carbons (Fsp3) is 0.455. The molecule has 1 heterocycles. The molecule has 13 heavy (non-hydrogen) atoms. The van der Waals surface area contributed by atoms with Crippen molar-refractivity contribution in [1.82, 2.24) is 0 Å². The van der Waals surface area contributed by atoms with Crippen molar-refractivity contribution in [2.24, 2.45) is 5.73 Å². The van der Waals surface area contributed by atoms with E-state index >= 15 is 0 Å². The van der Waals surface area contributed by atoms with Crippen LogP contribution in [0.4, 0.5) is 0 Å². The van der Waals surface area contributed by atoms with E-state index in [2.05, 4.69) is 32.0 Å². The summed E-state index contributed by atoms with van der Waals surface area (Å²) < 4.78 is 5.80. The molecule has 2 rings (SSSR count). The van der Waals surface area contributed by atoms with E-state index in [4.69, 9.17) is 10.5 Å². The Morgan fingerprint density at radius 3 is 3.00 bits per heavy atom. The van der Waals surface area contributed by atoms with Gasteiger partial charge in [-0.15, -0.1) is 0 Å². The lowest BCUT2D eigenvalue weighted by Crippen LogP contribution is -2.38. The average Bonchev–Trinajstić information content (AvgIpc) is 2.42. The molecule has 1 aliphatic rings. The summed E-state index contributed by atoms with van der Waals surface area (Å²) in [5, 5.41) is 0. The summed E-state index contributed by atoms with van der Waals surface area (Å²) in [4.78, 5) is 0. The molecule has 0 radical (unpaired) electrons. The molecular formula is C11H15NO. The second-order valence-corrected chi connectivity index (χ2v) is 4.04. The first-order valence-electron chi connectivity index (χ1n) is 4.62. The third-order valence-corrected chi connectivity index (χ3v) is 2.58. The van der Waals surface area contributed by atoms with Gasteiger partial charge in [0.2, 0.25) is 0 Å². The maximum atomic E-state index is 5.80. The summed E-state index contributed by atoms with van der Waals surface area (Å²) in [7, 11) is 0. The van der Waals surface area contributed by atoms with Crippen molar-refractivity contribution in [1.29, 1.82) is 0 Å². The molecule has 0 saturated heterocycles. The Hall–Kier alpha value is -1.02. The summed E-state index contributed by atoms with van der Waals surface area (Å²) >= 11 is 0. The molecule has 0 amide bonds. The van der Waals surface area contributed by atoms with Gasteiger partial charge in [0.1, 0.15) is 11.4 Å². The normalized spacial score (nSPS) is 25.5. The number of hydrogen-bond acceptors (Lipinski definition) is 2. The van der Waals surface area contributed by atoms with Crippen molar-refractivity contribution in [2.45, 2.75) is 25.9 Å². The highest BCUT2D eigenvalue weighted by molar-refractivity contribution is 5.41. The van der Waals surface area contributed by atoms with Gasteiger partial charge < -0.3 is 10.5 Å². The Balaban J connectivity index is 2.35. The van der Waals surface area contributed by atoms with E-state index in [-0.39, 0.29) is 5.60 Å². The molecule has 2 heteroatoms. The van der Waals surface area contributed by atoms with Crippen LogP contribution in [0.25, 0.3) is 0 Å². The van der Waals surface area contributed by atoms with Gasteiger partial charge in [-0.2, -0.15) is 0 Å². The fourth-order valence-electron chi connectivity index (χ4n) is 1.72. The zero-order chi connectivity index (χ0) is 9.47. The average molecular weight is 177 g/mol. The van der Waals surface area contributed by atoms with Gasteiger partial charge in [0, 0.05) is 13.0 Å². The molecule has 1 aliphatic heterocycles. The number of aryl methyl sites for hydroxylation is 1. The lowest BCUT2D eigenvalue weighted by atomic mass is 9.99. The Bertz CT molecular complexity index is 335. The Kier molecular flexibility index (Phi) is 1.81. The zero-order valence-electron chi connectivity index (χ0n) is 8.13. The van der Waals surface area contributed by atoms with Crippen LogP contribution in [0.15, 0.2) is 18.2 Å². The molecular weight excluding hydrogens is 162 g/mol. The summed E-state index contributed by atoms with van der Waals surface area (Å²) in [6, 6.07) is 6.33. The monoisotopic (exact) mass is 177 g/mol. The summed E-state index contributed by atoms with van der Waals surface area (Å²) in [5.41, 5.74) is 7.99. The van der Waals surface area contributed by atoms with Gasteiger partial charge >= 0.3 is 0 Å². The van der Waals surface area contributed by atoms with E-state index in [0.717, 1.165) is 12.2 Å². The van der Waals surface area contributed by atoms with Crippen molar-refractivity contribution in [2.75, 3.05) is 6.54 Å². The topological polar surface area (TPSA) is 35.2 Å². The molecule has 1 unspecified atom stereocenters. The van der Waals surface area contributed by atoms with Gasteiger partial charge in [0.15, 0.2) is 0 Å². The highest BCUT2D eigenvalue weighted by Gasteiger charge is 2.33. The van der Waals surface area contributed by atoms with Crippen molar-refractivity contribution in [3.8, 4) is 5.75 Å². The maximum Gasteiger partial charge on any atom is 0.123 e. The van der Waals surface area contributed by atoms with Crippen LogP contribution in [0.5, 0.6) is 5.75 Å². The van der Waals surface area contributed by atoms with Crippen molar-refractivity contribution in [3.05, 3.63) is 29.3 Å². The largest absolute Gasteiger partial charge is 0.486 e. The molecule has 1 atom stereocenters. The second-order valence-electron chi connectivity index (χ2n) is 4.04. The van der Waals surface area contributed by atoms with Crippen LogP contribution < -0.4 is 10.5 Å². The number of nitrogens with two attached hydrogens (primary N) is 1. The minimum Gasteiger partial charge on any atom is -0.486 e. The predicted molar refractivity (Wildman–Crippen MR) is 53.0 cm³/mol. The van der Waals surface area contributed by atoms with Crippen LogP contribution in [0.3, 0.4) is 0 Å². The van der Waals surface area contributed by atoms with Crippen molar-refractivity contribution < 1.29 is 4.74 Å². The maximum absolute atomic E-state index is 5.80. The second kappa shape index (κ2) is 2.74. The van der Waals surface area contributed by atoms with Crippen molar-refractivity contribution in [3.63, 3.8) is 0 Å². The summed E-state index contributed by atoms with van der Waals surface area (Å²) in [6.45, 7) is 4.70. The highest BCUT2D eigenvalue weighted by Crippen LogP contribution is 2.34. The molecule has 2 N–H and O–H groups in total. The summed E-state index contributed by atoms with van der Waals surface area (Å²) in [6.07, 6.45) is 0.930. The number of ether oxygens (including phenoxy) is 1. The van der Waals surface area contributed by atoms with E-state index < -0.39 is 0 Å². The molecule has 0 spiro atoms. The first kappa shape index (κ1) is 8.57. The molecule has 1 aromatic carbocycles. The molecule has 0 bridgehead atoms. The van der Waals surface area contributed by atoms with Gasteiger partial charge in [0.05, 0.1) is 0 Å². The fourth-order valence-corrected chi connectivity index (χ4v) is 1.72. The lowest BCUT2D eigenvalue weighted by molar-refractivity contribution is 0.126. The smallest absolute Gasteiger partial charge is 0.123 e. The van der Waals surface area contributed by atoms with Gasteiger partial charge in [-0.1, -0.05) is 12.1 Å². The number of fused-ring (bicyclic) bond motifs is 1. The number of rotatable bonds is 1. The van der Waals surface area contributed by atoms with E-state index in [9.17, 15) is 0 Å². The number of benzene rings is 1. The third-order valence-electron chi connectivity index (χ3n) is 2.58. The first-order valence-corrected chi connectivity index (χ1v) is 4.62. The minimum absolute atomic E-state index is 0.184. The van der Waals surface area contributed by atoms with Gasteiger partial charge in [-0.3, -0.25) is 0 Å². The molecule has 0 saturated carbocycles. The van der Waals surface area contributed by atoms with E-state index in [1.807, 2.05) is 0 Å². The van der Waals surface area contributed by atoms with Crippen LogP contribution in [-0.2, 0) is 6.42 Å². The SMILES string of the molecule is Cc1ccc2c(c1)OC(C)(CN)C2. The highest BCUT2D eigenvalue weighted by atomic mass is 16.5. The van der Waals surface area contributed by atoms with Crippen LogP contribution in [0.2, 0.25) is 0 Å². The van der Waals surface area contributed by atoms with E-state index in [1.54, 1.807) is 0 Å². The lowest BCUT2D eigenvalue weighted by Gasteiger charge is -2.21. The van der Waals surface area contributed by atoms with Crippen LogP contribution in [-0.4, -0.2) is 12.1 Å². The minimum atomic E-state index is -0.184. The molecule has 0 aromatic heterocycles. The van der Waals surface area contributed by atoms with Crippen LogP contribution in [0, 0.1) is 6.92 Å². The van der Waals surface area contributed by atoms with Gasteiger partial charge in [-0.25, -0.2) is 0 Å². The van der Waals surface area contributed by atoms with Gasteiger partial charge in [-0.05, 0) is 31.0 Å². The van der Waals surface area contributed by atoms with Crippen molar-refractivity contribution >= 4 is 0 Å². The van der Waals surface area contributed by atoms with Crippen LogP contribution in [0.1, 0.15) is 18.1 Å². The Morgan fingerprint density at radius 2 is 2.31 bits per heavy atom. The quantitative estimate of drug-likeness (QED) is 0.708. The molecule has 70 valence electrons. The standard InChI is InChI=1S/C11H15NO/c1-8-3-4-9-6-11(2,7-12)13-10(9)5-8/h3-5H,6-7,12H2,1-2H3. The van der Waals surface area contributed by atoms with E-state index in [1.165, 1.54) is 11.1 Å². The number of hydrogen-bond donors (Lipinski definition) is 1. The predicted octanol–water partition coefficient (Wildman–Crippen LogP) is 1.65. The molecule has 0 aliphatic carbocycles. The summed E-state index contributed by atoms with van der Waals surface area (Å²) in [5.74, 6) is 1.01. The third kappa shape index (κ3) is 1.42. The molecule has 1 aromatic rings. The Labute approximate surface area is 78.7 Å². The zero-order valence-corrected chi connectivity index (χ0v) is 8.13. The molecule has 2 nitrogen and oxygen atoms in total. The molecule has 0 fully saturated rings. The van der Waals surface area contributed by atoms with Crippen LogP contribution >= 0.6 is 0 Å². The van der Waals surface area contributed by atoms with Gasteiger partial charge in [0.25, 0.3) is 0 Å². The Morgan fingerprint density at radius 1 is 1.54 bits per heavy atom. The first-order chi connectivity index (χ1) is 6.13. The van der Waals surface area contributed by atoms with E-state index in [0.29, 0.717) is 6.54 Å².